The molecule has 2 aromatic heterocycles. The molecule has 0 spiro atoms. The number of aryl methyl sites for hydroxylation is 3. The van der Waals surface area contributed by atoms with Crippen molar-refractivity contribution in [2.45, 2.75) is 38.5 Å². The van der Waals surface area contributed by atoms with Gasteiger partial charge in [0.15, 0.2) is 5.96 Å². The average Bonchev–Trinajstić information content (AvgIpc) is 3.38. The van der Waals surface area contributed by atoms with Crippen LogP contribution in [-0.2, 0) is 19.3 Å². The number of aromatic nitrogens is 1. The normalized spacial score (nSPS) is 17.9. The molecule has 0 radical (unpaired) electrons. The van der Waals surface area contributed by atoms with Crippen LogP contribution in [0.1, 0.15) is 34.8 Å². The van der Waals surface area contributed by atoms with E-state index in [1.165, 1.54) is 41.4 Å². The Kier molecular flexibility index (Phi) is 6.29. The van der Waals surface area contributed by atoms with Crippen LogP contribution >= 0.6 is 22.7 Å². The summed E-state index contributed by atoms with van der Waals surface area (Å²) in [6, 6.07) is 4.34. The van der Waals surface area contributed by atoms with E-state index in [0.29, 0.717) is 0 Å². The minimum atomic E-state index is 0.960. The molecule has 7 heteroatoms. The first-order valence-corrected chi connectivity index (χ1v) is 11.7. The quantitative estimate of drug-likeness (QED) is 0.472. The van der Waals surface area contributed by atoms with E-state index in [4.69, 9.17) is 4.98 Å². The monoisotopic (exact) mass is 403 g/mol. The van der Waals surface area contributed by atoms with E-state index in [0.717, 1.165) is 51.5 Å². The maximum atomic E-state index is 4.86. The van der Waals surface area contributed by atoms with E-state index in [-0.39, 0.29) is 0 Å². The van der Waals surface area contributed by atoms with Gasteiger partial charge in [-0.15, -0.1) is 22.7 Å². The largest absolute Gasteiger partial charge is 0.360 e. The molecule has 0 amide bonds. The van der Waals surface area contributed by atoms with E-state index in [1.54, 1.807) is 4.88 Å². The zero-order valence-electron chi connectivity index (χ0n) is 16.1. The van der Waals surface area contributed by atoms with Crippen LogP contribution in [-0.4, -0.2) is 55.6 Å². The summed E-state index contributed by atoms with van der Waals surface area (Å²) in [4.78, 5) is 15.8. The molecule has 2 aromatic rings. The first-order chi connectivity index (χ1) is 13.3. The lowest BCUT2D eigenvalue weighted by atomic mass is 10.0. The highest BCUT2D eigenvalue weighted by molar-refractivity contribution is 7.14. The van der Waals surface area contributed by atoms with Crippen LogP contribution in [0.3, 0.4) is 0 Å². The number of thiophene rings is 1. The Bertz CT molecular complexity index is 721. The van der Waals surface area contributed by atoms with Gasteiger partial charge >= 0.3 is 0 Å². The van der Waals surface area contributed by atoms with Crippen molar-refractivity contribution in [3.63, 3.8) is 0 Å². The van der Waals surface area contributed by atoms with Gasteiger partial charge in [0.1, 0.15) is 0 Å². The fourth-order valence-electron chi connectivity index (χ4n) is 3.87. The predicted octanol–water partition coefficient (Wildman–Crippen LogP) is 3.41. The van der Waals surface area contributed by atoms with Gasteiger partial charge in [0.25, 0.3) is 0 Å². The van der Waals surface area contributed by atoms with E-state index in [2.05, 4.69) is 37.6 Å². The first kappa shape index (κ1) is 18.7. The third kappa shape index (κ3) is 4.63. The fraction of sp³-hybridized carbons (Fsp3) is 0.600. The van der Waals surface area contributed by atoms with Crippen LogP contribution < -0.4 is 10.2 Å². The van der Waals surface area contributed by atoms with Crippen LogP contribution in [0, 0.1) is 0 Å². The van der Waals surface area contributed by atoms with Gasteiger partial charge in [-0.2, -0.15) is 0 Å². The third-order valence-electron chi connectivity index (χ3n) is 5.35. The maximum Gasteiger partial charge on any atom is 0.193 e. The van der Waals surface area contributed by atoms with Crippen LogP contribution in [0.15, 0.2) is 22.5 Å². The molecular formula is C20H29N5S2. The van der Waals surface area contributed by atoms with Gasteiger partial charge in [-0.05, 0) is 49.6 Å². The molecule has 3 heterocycles. The molecule has 1 N–H and O–H groups in total. The summed E-state index contributed by atoms with van der Waals surface area (Å²) in [5.74, 6) is 1.04. The van der Waals surface area contributed by atoms with E-state index in [1.807, 2.05) is 29.7 Å². The standard InChI is InChI=1S/C20H29N5S2/c1-21-20(25-13-11-24(12-14-25)19-9-5-15-26-19)22-10-4-8-18-23-16-6-2-3-7-17(16)27-18/h5,9,15H,2-4,6-8,10-14H2,1H3,(H,21,22). The van der Waals surface area contributed by atoms with Crippen molar-refractivity contribution in [2.24, 2.45) is 4.99 Å². The van der Waals surface area contributed by atoms with Crippen molar-refractivity contribution in [3.05, 3.63) is 33.1 Å². The van der Waals surface area contributed by atoms with Gasteiger partial charge in [-0.25, -0.2) is 4.98 Å². The molecule has 1 aliphatic carbocycles. The maximum absolute atomic E-state index is 4.86. The summed E-state index contributed by atoms with van der Waals surface area (Å²) in [5.41, 5.74) is 1.38. The molecule has 2 aliphatic rings. The Labute approximate surface area is 170 Å². The Morgan fingerprint density at radius 1 is 1.22 bits per heavy atom. The van der Waals surface area contributed by atoms with Crippen LogP contribution in [0.4, 0.5) is 5.00 Å². The lowest BCUT2D eigenvalue weighted by Gasteiger charge is -2.37. The van der Waals surface area contributed by atoms with Gasteiger partial charge in [-0.3, -0.25) is 4.99 Å². The highest BCUT2D eigenvalue weighted by Crippen LogP contribution is 2.27. The molecule has 0 saturated carbocycles. The van der Waals surface area contributed by atoms with Crippen molar-refractivity contribution in [2.75, 3.05) is 44.7 Å². The number of anilines is 1. The minimum absolute atomic E-state index is 0.960. The number of hydrogen-bond acceptors (Lipinski definition) is 5. The van der Waals surface area contributed by atoms with Crippen LogP contribution in [0.2, 0.25) is 0 Å². The second-order valence-electron chi connectivity index (χ2n) is 7.19. The highest BCUT2D eigenvalue weighted by Gasteiger charge is 2.20. The number of nitrogens with zero attached hydrogens (tertiary/aromatic N) is 4. The predicted molar refractivity (Wildman–Crippen MR) is 117 cm³/mol. The number of piperazine rings is 1. The van der Waals surface area contributed by atoms with Gasteiger partial charge < -0.3 is 15.1 Å². The molecule has 27 heavy (non-hydrogen) atoms. The van der Waals surface area contributed by atoms with Crippen LogP contribution in [0.5, 0.6) is 0 Å². The number of hydrogen-bond donors (Lipinski definition) is 1. The Morgan fingerprint density at radius 3 is 2.81 bits per heavy atom. The average molecular weight is 404 g/mol. The third-order valence-corrected chi connectivity index (χ3v) is 7.50. The molecule has 0 unspecified atom stereocenters. The molecule has 1 aliphatic heterocycles. The molecular weight excluding hydrogens is 374 g/mol. The second-order valence-corrected chi connectivity index (χ2v) is 9.28. The van der Waals surface area contributed by atoms with Crippen molar-refractivity contribution >= 4 is 33.6 Å². The van der Waals surface area contributed by atoms with Crippen LogP contribution in [0.25, 0.3) is 0 Å². The molecule has 0 bridgehead atoms. The SMILES string of the molecule is CN=C(NCCCc1nc2c(s1)CCCC2)N1CCN(c2cccs2)CC1. The number of aliphatic imine (C=N–C) groups is 1. The van der Waals surface area contributed by atoms with Gasteiger partial charge in [-0.1, -0.05) is 0 Å². The zero-order valence-corrected chi connectivity index (χ0v) is 17.7. The summed E-state index contributed by atoms with van der Waals surface area (Å²) in [6.07, 6.45) is 7.28. The number of nitrogens with one attached hydrogen (secondary N) is 1. The van der Waals surface area contributed by atoms with Crippen molar-refractivity contribution in [1.82, 2.24) is 15.2 Å². The smallest absolute Gasteiger partial charge is 0.193 e. The van der Waals surface area contributed by atoms with Gasteiger partial charge in [0, 0.05) is 51.1 Å². The highest BCUT2D eigenvalue weighted by atomic mass is 32.1. The van der Waals surface area contributed by atoms with Crippen molar-refractivity contribution < 1.29 is 0 Å². The summed E-state index contributed by atoms with van der Waals surface area (Å²) < 4.78 is 0. The summed E-state index contributed by atoms with van der Waals surface area (Å²) >= 11 is 3.77. The summed E-state index contributed by atoms with van der Waals surface area (Å²) in [5, 5.41) is 8.41. The minimum Gasteiger partial charge on any atom is -0.360 e. The molecule has 5 nitrogen and oxygen atoms in total. The first-order valence-electron chi connectivity index (χ1n) is 10.0. The number of rotatable bonds is 5. The lowest BCUT2D eigenvalue weighted by molar-refractivity contribution is 0.373. The Balaban J connectivity index is 1.20. The second kappa shape index (κ2) is 9.06. The summed E-state index contributed by atoms with van der Waals surface area (Å²) in [6.45, 7) is 5.13. The number of guanidine groups is 1. The Morgan fingerprint density at radius 2 is 2.07 bits per heavy atom. The molecule has 0 atom stereocenters. The molecule has 1 fully saturated rings. The number of fused-ring (bicyclic) bond motifs is 1. The van der Waals surface area contributed by atoms with Crippen molar-refractivity contribution in [1.29, 1.82) is 0 Å². The van der Waals surface area contributed by atoms with E-state index >= 15 is 0 Å². The lowest BCUT2D eigenvalue weighted by Crippen LogP contribution is -2.52. The Hall–Kier alpha value is -1.60. The fourth-order valence-corrected chi connectivity index (χ4v) is 5.86. The molecule has 0 aromatic carbocycles. The molecule has 1 saturated heterocycles. The van der Waals surface area contributed by atoms with Gasteiger partial charge in [0.05, 0.1) is 15.7 Å². The molecule has 4 rings (SSSR count). The summed E-state index contributed by atoms with van der Waals surface area (Å²) in [7, 11) is 1.89. The van der Waals surface area contributed by atoms with E-state index < -0.39 is 0 Å². The zero-order chi connectivity index (χ0) is 18.5. The van der Waals surface area contributed by atoms with Gasteiger partial charge in [0.2, 0.25) is 0 Å². The van der Waals surface area contributed by atoms with Crippen molar-refractivity contribution in [3.8, 4) is 0 Å². The number of thiazole rings is 1. The topological polar surface area (TPSA) is 43.8 Å². The molecule has 146 valence electrons. The van der Waals surface area contributed by atoms with E-state index in [9.17, 15) is 0 Å².